The van der Waals surface area contributed by atoms with Gasteiger partial charge in [0.1, 0.15) is 5.82 Å². The van der Waals surface area contributed by atoms with Crippen LogP contribution in [0.5, 0.6) is 0 Å². The van der Waals surface area contributed by atoms with Gasteiger partial charge in [0.25, 0.3) is 0 Å². The first-order chi connectivity index (χ1) is 10.3. The van der Waals surface area contributed by atoms with Crippen LogP contribution in [0.2, 0.25) is 5.28 Å². The van der Waals surface area contributed by atoms with Crippen molar-refractivity contribution in [1.29, 1.82) is 0 Å². The topological polar surface area (TPSA) is 50.3 Å². The number of benzene rings is 1. The van der Waals surface area contributed by atoms with Crippen LogP contribution in [-0.4, -0.2) is 53.8 Å². The van der Waals surface area contributed by atoms with Gasteiger partial charge in [-0.2, -0.15) is 0 Å². The van der Waals surface area contributed by atoms with Crippen molar-refractivity contribution < 1.29 is 4.74 Å². The lowest BCUT2D eigenvalue weighted by atomic mass is 10.2. The lowest BCUT2D eigenvalue weighted by molar-refractivity contribution is -0.0192. The average molecular weight is 307 g/mol. The summed E-state index contributed by atoms with van der Waals surface area (Å²) < 4.78 is 5.79. The van der Waals surface area contributed by atoms with Crippen molar-refractivity contribution in [1.82, 2.24) is 14.9 Å². The third-order valence-corrected chi connectivity index (χ3v) is 3.91. The number of morpholine rings is 1. The van der Waals surface area contributed by atoms with Crippen LogP contribution in [0.4, 0.5) is 5.82 Å². The van der Waals surface area contributed by atoms with E-state index in [0.29, 0.717) is 6.54 Å². The molecule has 1 aromatic heterocycles. The number of halogens is 1. The van der Waals surface area contributed by atoms with Gasteiger partial charge < -0.3 is 10.1 Å². The number of hydrogen-bond acceptors (Lipinski definition) is 5. The Bertz CT molecular complexity index is 622. The van der Waals surface area contributed by atoms with Crippen LogP contribution in [-0.2, 0) is 4.74 Å². The minimum atomic E-state index is 0.172. The molecule has 6 heteroatoms. The predicted molar refractivity (Wildman–Crippen MR) is 84.9 cm³/mol. The van der Waals surface area contributed by atoms with E-state index < -0.39 is 0 Å². The zero-order chi connectivity index (χ0) is 14.7. The number of likely N-dealkylation sites (N-methyl/N-ethyl adjacent to an activating group) is 1. The van der Waals surface area contributed by atoms with Crippen molar-refractivity contribution in [3.05, 3.63) is 29.5 Å². The Balaban J connectivity index is 1.73. The molecule has 1 N–H and O–H groups in total. The summed E-state index contributed by atoms with van der Waals surface area (Å²) in [7, 11) is 0. The highest BCUT2D eigenvalue weighted by Gasteiger charge is 2.19. The van der Waals surface area contributed by atoms with E-state index >= 15 is 0 Å². The van der Waals surface area contributed by atoms with E-state index in [1.54, 1.807) is 0 Å². The van der Waals surface area contributed by atoms with Gasteiger partial charge in [0.2, 0.25) is 5.28 Å². The molecule has 0 radical (unpaired) electrons. The van der Waals surface area contributed by atoms with E-state index in [2.05, 4.69) is 27.1 Å². The Morgan fingerprint density at radius 1 is 1.38 bits per heavy atom. The van der Waals surface area contributed by atoms with E-state index in [4.69, 9.17) is 16.3 Å². The minimum absolute atomic E-state index is 0.172. The maximum Gasteiger partial charge on any atom is 0.224 e. The molecule has 1 aromatic carbocycles. The fraction of sp³-hybridized carbons (Fsp3) is 0.467. The summed E-state index contributed by atoms with van der Waals surface area (Å²) >= 11 is 5.99. The van der Waals surface area contributed by atoms with Crippen LogP contribution >= 0.6 is 11.6 Å². The molecule has 21 heavy (non-hydrogen) atoms. The highest BCUT2D eigenvalue weighted by atomic mass is 35.5. The lowest BCUT2D eigenvalue weighted by Gasteiger charge is -2.32. The molecule has 0 saturated carbocycles. The number of anilines is 1. The number of fused-ring (bicyclic) bond motifs is 1. The van der Waals surface area contributed by atoms with Crippen LogP contribution < -0.4 is 5.32 Å². The Morgan fingerprint density at radius 2 is 2.24 bits per heavy atom. The maximum absolute atomic E-state index is 5.99. The van der Waals surface area contributed by atoms with Gasteiger partial charge in [0.15, 0.2) is 0 Å². The molecule has 0 aliphatic carbocycles. The Kier molecular flexibility index (Phi) is 4.53. The standard InChI is InChI=1S/C15H19ClN4O/c1-2-20-7-8-21-11(10-20)9-17-14-12-5-3-4-6-13(12)18-15(16)19-14/h3-6,11H,2,7-10H2,1H3,(H,17,18,19). The van der Waals surface area contributed by atoms with Crippen LogP contribution in [0.25, 0.3) is 10.9 Å². The molecule has 1 aliphatic rings. The second-order valence-electron chi connectivity index (χ2n) is 5.13. The molecule has 112 valence electrons. The molecule has 5 nitrogen and oxygen atoms in total. The Labute approximate surface area is 129 Å². The molecule has 0 spiro atoms. The van der Waals surface area contributed by atoms with Gasteiger partial charge in [-0.1, -0.05) is 19.1 Å². The Morgan fingerprint density at radius 3 is 3.10 bits per heavy atom. The molecular weight excluding hydrogens is 288 g/mol. The van der Waals surface area contributed by atoms with Crippen LogP contribution in [0.3, 0.4) is 0 Å². The second-order valence-corrected chi connectivity index (χ2v) is 5.46. The molecule has 0 bridgehead atoms. The van der Waals surface area contributed by atoms with Crippen molar-refractivity contribution in [3.8, 4) is 0 Å². The van der Waals surface area contributed by atoms with E-state index in [1.165, 1.54) is 0 Å². The van der Waals surface area contributed by atoms with Gasteiger partial charge in [-0.25, -0.2) is 9.97 Å². The number of ether oxygens (including phenoxy) is 1. The highest BCUT2D eigenvalue weighted by Crippen LogP contribution is 2.22. The van der Waals surface area contributed by atoms with Crippen LogP contribution in [0.1, 0.15) is 6.92 Å². The number of para-hydroxylation sites is 1. The summed E-state index contributed by atoms with van der Waals surface area (Å²) in [5.74, 6) is 0.767. The summed E-state index contributed by atoms with van der Waals surface area (Å²) in [4.78, 5) is 10.9. The molecule has 1 aliphatic heterocycles. The monoisotopic (exact) mass is 306 g/mol. The van der Waals surface area contributed by atoms with Gasteiger partial charge in [0, 0.05) is 25.0 Å². The number of nitrogens with zero attached hydrogens (tertiary/aromatic N) is 3. The second kappa shape index (κ2) is 6.56. The summed E-state index contributed by atoms with van der Waals surface area (Å²) in [5, 5.41) is 4.59. The van der Waals surface area contributed by atoms with Gasteiger partial charge in [0.05, 0.1) is 18.2 Å². The van der Waals surface area contributed by atoms with E-state index in [1.807, 2.05) is 24.3 Å². The van der Waals surface area contributed by atoms with E-state index in [9.17, 15) is 0 Å². The van der Waals surface area contributed by atoms with E-state index in [0.717, 1.165) is 43.0 Å². The van der Waals surface area contributed by atoms with Crippen molar-refractivity contribution in [2.75, 3.05) is 38.1 Å². The molecule has 1 fully saturated rings. The number of nitrogens with one attached hydrogen (secondary N) is 1. The first kappa shape index (κ1) is 14.5. The number of aromatic nitrogens is 2. The number of hydrogen-bond donors (Lipinski definition) is 1. The minimum Gasteiger partial charge on any atom is -0.374 e. The van der Waals surface area contributed by atoms with Gasteiger partial charge >= 0.3 is 0 Å². The van der Waals surface area contributed by atoms with Crippen molar-refractivity contribution in [2.45, 2.75) is 13.0 Å². The fourth-order valence-electron chi connectivity index (χ4n) is 2.58. The lowest BCUT2D eigenvalue weighted by Crippen LogP contribution is -2.45. The average Bonchev–Trinajstić information content (AvgIpc) is 2.52. The van der Waals surface area contributed by atoms with Crippen molar-refractivity contribution in [2.24, 2.45) is 0 Å². The van der Waals surface area contributed by atoms with Crippen molar-refractivity contribution >= 4 is 28.3 Å². The number of rotatable bonds is 4. The molecule has 3 rings (SSSR count). The molecule has 2 aromatic rings. The third-order valence-electron chi connectivity index (χ3n) is 3.74. The SMILES string of the molecule is CCN1CCOC(CNc2nc(Cl)nc3ccccc23)C1. The smallest absolute Gasteiger partial charge is 0.224 e. The third kappa shape index (κ3) is 3.43. The normalized spacial score (nSPS) is 19.8. The summed E-state index contributed by atoms with van der Waals surface area (Å²) in [6, 6.07) is 7.84. The quantitative estimate of drug-likeness (QED) is 0.879. The van der Waals surface area contributed by atoms with Crippen LogP contribution in [0, 0.1) is 0 Å². The fourth-order valence-corrected chi connectivity index (χ4v) is 2.76. The van der Waals surface area contributed by atoms with E-state index in [-0.39, 0.29) is 11.4 Å². The largest absolute Gasteiger partial charge is 0.374 e. The molecule has 2 heterocycles. The first-order valence-corrected chi connectivity index (χ1v) is 7.64. The Hall–Kier alpha value is -1.43. The zero-order valence-corrected chi connectivity index (χ0v) is 12.8. The van der Waals surface area contributed by atoms with Gasteiger partial charge in [-0.3, -0.25) is 4.90 Å². The summed E-state index contributed by atoms with van der Waals surface area (Å²) in [6.07, 6.45) is 0.172. The van der Waals surface area contributed by atoms with Gasteiger partial charge in [-0.05, 0) is 30.3 Å². The van der Waals surface area contributed by atoms with Crippen molar-refractivity contribution in [3.63, 3.8) is 0 Å². The highest BCUT2D eigenvalue weighted by molar-refractivity contribution is 6.28. The summed E-state index contributed by atoms with van der Waals surface area (Å²) in [6.45, 7) is 6.68. The molecule has 1 atom stereocenters. The first-order valence-electron chi connectivity index (χ1n) is 7.26. The molecule has 0 amide bonds. The molecule has 1 saturated heterocycles. The summed E-state index contributed by atoms with van der Waals surface area (Å²) in [5.41, 5.74) is 0.847. The zero-order valence-electron chi connectivity index (χ0n) is 12.1. The van der Waals surface area contributed by atoms with Gasteiger partial charge in [-0.15, -0.1) is 0 Å². The molecular formula is C15H19ClN4O. The predicted octanol–water partition coefficient (Wildman–Crippen LogP) is 2.42. The van der Waals surface area contributed by atoms with Crippen LogP contribution in [0.15, 0.2) is 24.3 Å². The molecule has 1 unspecified atom stereocenters. The maximum atomic E-state index is 5.99.